The molecule has 0 aliphatic carbocycles. The Kier molecular flexibility index (Phi) is 6.81. The minimum absolute atomic E-state index is 0.0530. The summed E-state index contributed by atoms with van der Waals surface area (Å²) in [6.45, 7) is 8.19. The lowest BCUT2D eigenvalue weighted by Gasteiger charge is -2.32. The van der Waals surface area contributed by atoms with Gasteiger partial charge in [0, 0.05) is 56.6 Å². The van der Waals surface area contributed by atoms with E-state index in [-0.39, 0.29) is 17.9 Å². The zero-order valence-corrected chi connectivity index (χ0v) is 20.5. The average molecular weight is 491 g/mol. The van der Waals surface area contributed by atoms with Crippen molar-refractivity contribution in [2.24, 2.45) is 0 Å². The number of H-pyrrole nitrogens is 2. The number of nitrogens with one attached hydrogen (secondary N) is 4. The number of amides is 2. The van der Waals surface area contributed by atoms with Crippen LogP contribution in [0.15, 0.2) is 43.2 Å². The van der Waals surface area contributed by atoms with E-state index >= 15 is 0 Å². The van der Waals surface area contributed by atoms with Crippen LogP contribution >= 0.6 is 0 Å². The molecule has 0 radical (unpaired) electrons. The maximum Gasteiger partial charge on any atom is 0.307 e. The molecule has 4 N–H and O–H groups in total. The number of aromatic nitrogens is 4. The molecule has 1 unspecified atom stereocenters. The Labute approximate surface area is 209 Å². The van der Waals surface area contributed by atoms with Gasteiger partial charge in [0.15, 0.2) is 12.1 Å². The number of fused-ring (bicyclic) bond motifs is 1. The van der Waals surface area contributed by atoms with Crippen LogP contribution in [0.4, 0.5) is 17.5 Å². The largest absolute Gasteiger partial charge is 0.362 e. The van der Waals surface area contributed by atoms with E-state index in [0.29, 0.717) is 29.5 Å². The second-order valence-electron chi connectivity index (χ2n) is 9.32. The van der Waals surface area contributed by atoms with Crippen molar-refractivity contribution in [3.05, 3.63) is 48.8 Å². The second-order valence-corrected chi connectivity index (χ2v) is 9.32. The summed E-state index contributed by atoms with van der Waals surface area (Å²) in [5.74, 6) is 1.08. The number of nitrogens with zero attached hydrogens (tertiary/aromatic N) is 5. The van der Waals surface area contributed by atoms with Crippen LogP contribution in [-0.4, -0.2) is 93.8 Å². The fraction of sp³-hybridized carbons (Fsp3) is 0.400. The number of piperidine rings is 1. The average Bonchev–Trinajstić information content (AvgIpc) is 3.38. The maximum atomic E-state index is 12.8. The molecule has 4 heterocycles. The maximum absolute atomic E-state index is 12.8. The Morgan fingerprint density at radius 3 is 2.64 bits per heavy atom. The second kappa shape index (κ2) is 10.3. The number of likely N-dealkylation sites (N-methyl/N-ethyl adjacent to an activating group) is 1. The minimum Gasteiger partial charge on any atom is -0.362 e. The summed E-state index contributed by atoms with van der Waals surface area (Å²) in [6, 6.07) is 7.46. The molecule has 1 aromatic carbocycles. The van der Waals surface area contributed by atoms with E-state index in [1.165, 1.54) is 6.08 Å². The van der Waals surface area contributed by atoms with E-state index in [9.17, 15) is 9.59 Å². The normalized spacial score (nSPS) is 18.8. The Morgan fingerprint density at radius 1 is 1.11 bits per heavy atom. The molecule has 11 nitrogen and oxygen atoms in total. The van der Waals surface area contributed by atoms with Gasteiger partial charge in [0.25, 0.3) is 5.91 Å². The number of hydrogen-bond acceptors (Lipinski definition) is 7. The van der Waals surface area contributed by atoms with Crippen LogP contribution in [0.25, 0.3) is 11.2 Å². The topological polar surface area (TPSA) is 124 Å². The molecule has 5 rings (SSSR count). The Bertz CT molecular complexity index is 1250. The number of carbonyl (C=O) groups is 2. The van der Waals surface area contributed by atoms with Crippen LogP contribution in [0.2, 0.25) is 0 Å². The highest BCUT2D eigenvalue weighted by Gasteiger charge is 2.25. The van der Waals surface area contributed by atoms with E-state index in [4.69, 9.17) is 4.98 Å². The van der Waals surface area contributed by atoms with E-state index in [0.717, 1.165) is 56.8 Å². The number of piperazine rings is 1. The number of likely N-dealkylation sites (tertiary alicyclic amines) is 1. The summed E-state index contributed by atoms with van der Waals surface area (Å²) in [4.78, 5) is 46.4. The summed E-state index contributed by atoms with van der Waals surface area (Å²) in [5, 5.41) is 6.73. The monoisotopic (exact) mass is 490 g/mol. The van der Waals surface area contributed by atoms with E-state index in [1.807, 2.05) is 29.2 Å². The van der Waals surface area contributed by atoms with E-state index in [1.54, 1.807) is 11.2 Å². The predicted molar refractivity (Wildman–Crippen MR) is 137 cm³/mol. The van der Waals surface area contributed by atoms with E-state index < -0.39 is 0 Å². The molecule has 188 valence electrons. The number of imidazole rings is 1. The van der Waals surface area contributed by atoms with Crippen LogP contribution in [-0.2, 0) is 4.79 Å². The molecule has 2 aliphatic heterocycles. The molecule has 0 bridgehead atoms. The van der Waals surface area contributed by atoms with Crippen molar-refractivity contribution in [2.45, 2.75) is 18.9 Å². The van der Waals surface area contributed by atoms with Crippen molar-refractivity contribution >= 4 is 40.4 Å². The quantitative estimate of drug-likeness (QED) is 0.447. The lowest BCUT2D eigenvalue weighted by molar-refractivity contribution is -0.347. The Morgan fingerprint density at radius 2 is 1.89 bits per heavy atom. The third-order valence-electron chi connectivity index (χ3n) is 6.76. The van der Waals surface area contributed by atoms with Crippen molar-refractivity contribution in [1.29, 1.82) is 0 Å². The molecule has 0 spiro atoms. The van der Waals surface area contributed by atoms with Crippen LogP contribution in [0.5, 0.6) is 0 Å². The molecule has 2 aromatic heterocycles. The molecule has 2 amide bonds. The zero-order chi connectivity index (χ0) is 25.1. The molecule has 2 fully saturated rings. The molecule has 2 aliphatic rings. The standard InChI is InChI=1S/C25H31N9O2/c1-3-20(35)34-10-4-5-19(15-34)28-23-21-22(27-16-26-21)30-25(31-23)29-18-8-6-17(7-9-18)24(36)33-13-11-32(2)12-14-33/h3,6-9,16,19H,1,4-5,10-15H2,2H3,(H3,26,27,28,29,30,31)/p+1. The highest BCUT2D eigenvalue weighted by Crippen LogP contribution is 2.23. The van der Waals surface area contributed by atoms with Crippen molar-refractivity contribution in [1.82, 2.24) is 29.7 Å². The highest BCUT2D eigenvalue weighted by atomic mass is 16.2. The summed E-state index contributed by atoms with van der Waals surface area (Å²) in [6.07, 6.45) is 4.91. The third-order valence-corrected chi connectivity index (χ3v) is 6.76. The number of anilines is 3. The van der Waals surface area contributed by atoms with Gasteiger partial charge >= 0.3 is 11.6 Å². The number of hydrogen-bond donors (Lipinski definition) is 3. The molecular formula is C25H32N9O2+. The van der Waals surface area contributed by atoms with Gasteiger partial charge in [-0.1, -0.05) is 11.6 Å². The van der Waals surface area contributed by atoms with Gasteiger partial charge in [-0.15, -0.1) is 0 Å². The summed E-state index contributed by atoms with van der Waals surface area (Å²) in [5.41, 5.74) is 2.87. The van der Waals surface area contributed by atoms with Gasteiger partial charge in [-0.05, 0) is 50.2 Å². The molecule has 3 aromatic rings. The van der Waals surface area contributed by atoms with Gasteiger partial charge in [-0.25, -0.2) is 4.98 Å². The molecule has 2 saturated heterocycles. The first-order valence-electron chi connectivity index (χ1n) is 12.3. The molecule has 11 heteroatoms. The molecular weight excluding hydrogens is 458 g/mol. The number of aromatic amines is 2. The smallest absolute Gasteiger partial charge is 0.307 e. The van der Waals surface area contributed by atoms with Crippen molar-refractivity contribution in [2.75, 3.05) is 56.9 Å². The summed E-state index contributed by atoms with van der Waals surface area (Å²) >= 11 is 0. The first kappa shape index (κ1) is 23.7. The Hall–Kier alpha value is -3.99. The first-order chi connectivity index (χ1) is 17.5. The zero-order valence-electron chi connectivity index (χ0n) is 20.5. The molecule has 0 saturated carbocycles. The number of rotatable bonds is 6. The van der Waals surface area contributed by atoms with Crippen LogP contribution < -0.4 is 15.6 Å². The van der Waals surface area contributed by atoms with Crippen LogP contribution in [0.1, 0.15) is 23.2 Å². The lowest BCUT2D eigenvalue weighted by Crippen LogP contribution is -2.47. The Balaban J connectivity index is 1.29. The third kappa shape index (κ3) is 5.15. The van der Waals surface area contributed by atoms with Gasteiger partial charge in [0.2, 0.25) is 11.4 Å². The van der Waals surface area contributed by atoms with Gasteiger partial charge in [-0.2, -0.15) is 4.98 Å². The van der Waals surface area contributed by atoms with Gasteiger partial charge < -0.3 is 25.3 Å². The van der Waals surface area contributed by atoms with Gasteiger partial charge in [0.05, 0.1) is 0 Å². The van der Waals surface area contributed by atoms with Crippen molar-refractivity contribution < 1.29 is 14.6 Å². The fourth-order valence-corrected chi connectivity index (χ4v) is 4.67. The molecule has 1 atom stereocenters. The van der Waals surface area contributed by atoms with E-state index in [2.05, 4.69) is 44.1 Å². The van der Waals surface area contributed by atoms with Crippen LogP contribution in [0.3, 0.4) is 0 Å². The fourth-order valence-electron chi connectivity index (χ4n) is 4.67. The van der Waals surface area contributed by atoms with Crippen LogP contribution in [0, 0.1) is 0 Å². The first-order valence-corrected chi connectivity index (χ1v) is 12.3. The summed E-state index contributed by atoms with van der Waals surface area (Å²) in [7, 11) is 2.07. The lowest BCUT2D eigenvalue weighted by atomic mass is 10.1. The number of carbonyl (C=O) groups excluding carboxylic acids is 2. The van der Waals surface area contributed by atoms with Gasteiger partial charge in [-0.3, -0.25) is 14.6 Å². The SMILES string of the molecule is C=CC(=O)N1CCCC(Nc2nc(Nc3ccc(C(=O)N4CCN(C)CC4)cc3)nc3[nH+]c[nH]c23)C1. The minimum atomic E-state index is -0.0561. The number of benzene rings is 1. The predicted octanol–water partition coefficient (Wildman–Crippen LogP) is 1.49. The van der Waals surface area contributed by atoms with Crippen molar-refractivity contribution in [3.63, 3.8) is 0 Å². The highest BCUT2D eigenvalue weighted by molar-refractivity contribution is 5.94. The molecule has 36 heavy (non-hydrogen) atoms. The van der Waals surface area contributed by atoms with Crippen molar-refractivity contribution in [3.8, 4) is 0 Å². The summed E-state index contributed by atoms with van der Waals surface area (Å²) < 4.78 is 0. The van der Waals surface area contributed by atoms with Gasteiger partial charge in [0.1, 0.15) is 0 Å².